The minimum absolute atomic E-state index is 0.0451. The van der Waals surface area contributed by atoms with E-state index in [1.54, 1.807) is 0 Å². The predicted molar refractivity (Wildman–Crippen MR) is 67.6 cm³/mol. The topological polar surface area (TPSA) is 57.6 Å². The number of carbonyl (C=O) groups is 2. The van der Waals surface area contributed by atoms with E-state index in [2.05, 4.69) is 0 Å². The van der Waals surface area contributed by atoms with Gasteiger partial charge < -0.3 is 10.0 Å². The molecule has 1 fully saturated rings. The lowest BCUT2D eigenvalue weighted by Gasteiger charge is -2.31. The standard InChI is InChI=1S/C13H12ClF2NO3/c14-9-5-11(16)10(15)4-8(9)12(18)17-3-1-2-7(6-17)13(19)20/h4-5,7H,1-3,6H2,(H,19,20)/t7-/m0/s1. The molecule has 1 aromatic carbocycles. The molecule has 1 aliphatic heterocycles. The van der Waals surface area contributed by atoms with Crippen molar-refractivity contribution < 1.29 is 23.5 Å². The van der Waals surface area contributed by atoms with Crippen LogP contribution in [0.5, 0.6) is 0 Å². The van der Waals surface area contributed by atoms with Crippen LogP contribution in [0.2, 0.25) is 5.02 Å². The van der Waals surface area contributed by atoms with Gasteiger partial charge in [0.2, 0.25) is 0 Å². The van der Waals surface area contributed by atoms with Gasteiger partial charge in [0, 0.05) is 13.1 Å². The first-order valence-corrected chi connectivity index (χ1v) is 6.44. The van der Waals surface area contributed by atoms with Crippen molar-refractivity contribution in [1.29, 1.82) is 0 Å². The summed E-state index contributed by atoms with van der Waals surface area (Å²) in [6.45, 7) is 0.418. The minimum atomic E-state index is -1.16. The predicted octanol–water partition coefficient (Wildman–Crippen LogP) is 2.56. The summed E-state index contributed by atoms with van der Waals surface area (Å²) in [5, 5.41) is 8.78. The van der Waals surface area contributed by atoms with Crippen LogP contribution in [-0.4, -0.2) is 35.0 Å². The van der Waals surface area contributed by atoms with Gasteiger partial charge in [-0.3, -0.25) is 9.59 Å². The van der Waals surface area contributed by atoms with Crippen molar-refractivity contribution in [2.24, 2.45) is 5.92 Å². The van der Waals surface area contributed by atoms with E-state index in [0.717, 1.165) is 12.1 Å². The Labute approximate surface area is 118 Å². The number of hydrogen-bond donors (Lipinski definition) is 1. The van der Waals surface area contributed by atoms with E-state index in [-0.39, 0.29) is 17.1 Å². The SMILES string of the molecule is O=C(O)[C@H]1CCCN(C(=O)c2cc(F)c(F)cc2Cl)C1. The summed E-state index contributed by atoms with van der Waals surface area (Å²) < 4.78 is 26.2. The molecule has 2 rings (SSSR count). The number of carboxylic acids is 1. The largest absolute Gasteiger partial charge is 0.481 e. The molecular weight excluding hydrogens is 292 g/mol. The van der Waals surface area contributed by atoms with E-state index in [4.69, 9.17) is 16.7 Å². The van der Waals surface area contributed by atoms with E-state index < -0.39 is 29.4 Å². The van der Waals surface area contributed by atoms with Gasteiger partial charge in [-0.2, -0.15) is 0 Å². The maximum absolute atomic E-state index is 13.2. The highest BCUT2D eigenvalue weighted by Gasteiger charge is 2.29. The lowest BCUT2D eigenvalue weighted by atomic mass is 9.97. The Kier molecular flexibility index (Phi) is 4.23. The average Bonchev–Trinajstić information content (AvgIpc) is 2.42. The van der Waals surface area contributed by atoms with Crippen LogP contribution in [-0.2, 0) is 4.79 Å². The number of rotatable bonds is 2. The lowest BCUT2D eigenvalue weighted by Crippen LogP contribution is -2.42. The number of amides is 1. The highest BCUT2D eigenvalue weighted by molar-refractivity contribution is 6.33. The Hall–Kier alpha value is -1.69. The number of piperidine rings is 1. The average molecular weight is 304 g/mol. The number of likely N-dealkylation sites (tertiary alicyclic amines) is 1. The first-order valence-electron chi connectivity index (χ1n) is 6.06. The van der Waals surface area contributed by atoms with Crippen LogP contribution in [0.3, 0.4) is 0 Å². The minimum Gasteiger partial charge on any atom is -0.481 e. The Morgan fingerprint density at radius 2 is 1.95 bits per heavy atom. The van der Waals surface area contributed by atoms with Gasteiger partial charge in [0.15, 0.2) is 11.6 Å². The molecule has 1 amide bonds. The molecule has 4 nitrogen and oxygen atoms in total. The number of hydrogen-bond acceptors (Lipinski definition) is 2. The van der Waals surface area contributed by atoms with Gasteiger partial charge in [0.25, 0.3) is 5.91 Å². The summed E-state index contributed by atoms with van der Waals surface area (Å²) >= 11 is 5.74. The number of benzene rings is 1. The molecule has 0 spiro atoms. The summed E-state index contributed by atoms with van der Waals surface area (Å²) in [6, 6.07) is 1.48. The molecule has 20 heavy (non-hydrogen) atoms. The van der Waals surface area contributed by atoms with Gasteiger partial charge >= 0.3 is 5.97 Å². The molecule has 108 valence electrons. The van der Waals surface area contributed by atoms with Crippen LogP contribution in [0, 0.1) is 17.6 Å². The van der Waals surface area contributed by atoms with E-state index in [1.807, 2.05) is 0 Å². The second kappa shape index (κ2) is 5.75. The Balaban J connectivity index is 2.23. The zero-order valence-corrected chi connectivity index (χ0v) is 11.2. The van der Waals surface area contributed by atoms with Crippen molar-refractivity contribution in [3.63, 3.8) is 0 Å². The van der Waals surface area contributed by atoms with Gasteiger partial charge in [-0.05, 0) is 25.0 Å². The molecule has 1 heterocycles. The van der Waals surface area contributed by atoms with Crippen molar-refractivity contribution in [2.75, 3.05) is 13.1 Å². The van der Waals surface area contributed by atoms with E-state index in [1.165, 1.54) is 4.90 Å². The van der Waals surface area contributed by atoms with Gasteiger partial charge in [-0.15, -0.1) is 0 Å². The van der Waals surface area contributed by atoms with E-state index >= 15 is 0 Å². The quantitative estimate of drug-likeness (QED) is 0.854. The van der Waals surface area contributed by atoms with Gasteiger partial charge in [-0.25, -0.2) is 8.78 Å². The second-order valence-electron chi connectivity index (χ2n) is 4.67. The molecule has 1 aromatic rings. The van der Waals surface area contributed by atoms with E-state index in [0.29, 0.717) is 19.4 Å². The van der Waals surface area contributed by atoms with Crippen molar-refractivity contribution in [3.8, 4) is 0 Å². The Morgan fingerprint density at radius 1 is 1.30 bits per heavy atom. The lowest BCUT2D eigenvalue weighted by molar-refractivity contribution is -0.143. The fourth-order valence-electron chi connectivity index (χ4n) is 2.22. The summed E-state index contributed by atoms with van der Waals surface area (Å²) in [6.07, 6.45) is 1.04. The first kappa shape index (κ1) is 14.7. The van der Waals surface area contributed by atoms with Crippen LogP contribution in [0.1, 0.15) is 23.2 Å². The van der Waals surface area contributed by atoms with Gasteiger partial charge in [0.1, 0.15) is 0 Å². The molecular formula is C13H12ClF2NO3. The van der Waals surface area contributed by atoms with Gasteiger partial charge in [-0.1, -0.05) is 11.6 Å². The van der Waals surface area contributed by atoms with Crippen LogP contribution < -0.4 is 0 Å². The molecule has 1 saturated heterocycles. The molecule has 1 N–H and O–H groups in total. The third-order valence-corrected chi connectivity index (χ3v) is 3.61. The fraction of sp³-hybridized carbons (Fsp3) is 0.385. The first-order chi connectivity index (χ1) is 9.40. The Bertz CT molecular complexity index is 565. The smallest absolute Gasteiger partial charge is 0.308 e. The van der Waals surface area contributed by atoms with Crippen molar-refractivity contribution in [3.05, 3.63) is 34.4 Å². The van der Waals surface area contributed by atoms with Crippen LogP contribution >= 0.6 is 11.6 Å². The molecule has 7 heteroatoms. The van der Waals surface area contributed by atoms with Crippen molar-refractivity contribution in [1.82, 2.24) is 4.90 Å². The number of halogens is 3. The van der Waals surface area contributed by atoms with Crippen molar-refractivity contribution in [2.45, 2.75) is 12.8 Å². The number of carbonyl (C=O) groups excluding carboxylic acids is 1. The van der Waals surface area contributed by atoms with Crippen molar-refractivity contribution >= 4 is 23.5 Å². The van der Waals surface area contributed by atoms with Crippen LogP contribution in [0.15, 0.2) is 12.1 Å². The zero-order chi connectivity index (χ0) is 14.9. The highest BCUT2D eigenvalue weighted by atomic mass is 35.5. The maximum Gasteiger partial charge on any atom is 0.308 e. The maximum atomic E-state index is 13.2. The zero-order valence-electron chi connectivity index (χ0n) is 10.4. The molecule has 1 aliphatic rings. The summed E-state index contributed by atoms with van der Waals surface area (Å²) in [5.74, 6) is -4.49. The fourth-order valence-corrected chi connectivity index (χ4v) is 2.45. The molecule has 1 atom stereocenters. The number of nitrogens with zero attached hydrogens (tertiary/aromatic N) is 1. The molecule has 0 aliphatic carbocycles. The van der Waals surface area contributed by atoms with Crippen LogP contribution in [0.25, 0.3) is 0 Å². The van der Waals surface area contributed by atoms with Gasteiger partial charge in [0.05, 0.1) is 16.5 Å². The monoisotopic (exact) mass is 303 g/mol. The highest BCUT2D eigenvalue weighted by Crippen LogP contribution is 2.24. The second-order valence-corrected chi connectivity index (χ2v) is 5.08. The Morgan fingerprint density at radius 3 is 2.60 bits per heavy atom. The molecule has 0 bridgehead atoms. The third-order valence-electron chi connectivity index (χ3n) is 3.30. The molecule has 0 saturated carbocycles. The number of carboxylic acid groups (broad SMARTS) is 1. The summed E-state index contributed by atoms with van der Waals surface area (Å²) in [5.41, 5.74) is -0.156. The van der Waals surface area contributed by atoms with Crippen LogP contribution in [0.4, 0.5) is 8.78 Å². The molecule has 0 radical (unpaired) electrons. The summed E-state index contributed by atoms with van der Waals surface area (Å²) in [7, 11) is 0. The van der Waals surface area contributed by atoms with E-state index in [9.17, 15) is 18.4 Å². The normalized spacial score (nSPS) is 18.9. The number of aliphatic carboxylic acids is 1. The third kappa shape index (κ3) is 2.90. The summed E-state index contributed by atoms with van der Waals surface area (Å²) in [4.78, 5) is 24.5. The molecule has 0 unspecified atom stereocenters. The molecule has 0 aromatic heterocycles.